The lowest BCUT2D eigenvalue weighted by molar-refractivity contribution is 0.0699. The molecule has 5 heteroatoms. The van der Waals surface area contributed by atoms with Gasteiger partial charge >= 0.3 is 5.97 Å². The van der Waals surface area contributed by atoms with Crippen LogP contribution in [-0.2, 0) is 6.54 Å². The van der Waals surface area contributed by atoms with Crippen molar-refractivity contribution in [2.24, 2.45) is 0 Å². The molecular weight excluding hydrogens is 352 g/mol. The van der Waals surface area contributed by atoms with Crippen molar-refractivity contribution in [1.82, 2.24) is 9.55 Å². The zero-order valence-electron chi connectivity index (χ0n) is 15.3. The van der Waals surface area contributed by atoms with Gasteiger partial charge in [0, 0.05) is 29.9 Å². The van der Waals surface area contributed by atoms with E-state index in [9.17, 15) is 14.7 Å². The van der Waals surface area contributed by atoms with Gasteiger partial charge in [-0.1, -0.05) is 35.9 Å². The molecule has 1 N–H and O–H groups in total. The van der Waals surface area contributed by atoms with Crippen LogP contribution >= 0.6 is 0 Å². The molecule has 0 radical (unpaired) electrons. The minimum atomic E-state index is -0.985. The van der Waals surface area contributed by atoms with Crippen LogP contribution in [0.15, 0.2) is 73.1 Å². The summed E-state index contributed by atoms with van der Waals surface area (Å²) in [7, 11) is 0. The summed E-state index contributed by atoms with van der Waals surface area (Å²) in [5.74, 6) is -1.04. The largest absolute Gasteiger partial charge is 0.478 e. The number of aryl methyl sites for hydroxylation is 1. The molecule has 0 saturated carbocycles. The normalized spacial score (nSPS) is 10.9. The molecule has 0 bridgehead atoms. The van der Waals surface area contributed by atoms with E-state index in [1.54, 1.807) is 30.5 Å². The number of benzene rings is 2. The number of nitrogens with zero attached hydrogens (tertiary/aromatic N) is 2. The van der Waals surface area contributed by atoms with Crippen LogP contribution in [0.4, 0.5) is 0 Å². The van der Waals surface area contributed by atoms with Crippen LogP contribution in [0, 0.1) is 6.92 Å². The van der Waals surface area contributed by atoms with Crippen LogP contribution < -0.4 is 0 Å². The molecule has 0 unspecified atom stereocenters. The second kappa shape index (κ2) is 7.12. The van der Waals surface area contributed by atoms with Gasteiger partial charge in [-0.3, -0.25) is 9.78 Å². The third-order valence-electron chi connectivity index (χ3n) is 4.74. The summed E-state index contributed by atoms with van der Waals surface area (Å²) in [6.07, 6.45) is 3.56. The van der Waals surface area contributed by atoms with Gasteiger partial charge in [-0.15, -0.1) is 0 Å². The number of carboxylic acid groups (broad SMARTS) is 1. The van der Waals surface area contributed by atoms with Crippen molar-refractivity contribution < 1.29 is 14.7 Å². The van der Waals surface area contributed by atoms with Gasteiger partial charge in [0.1, 0.15) is 0 Å². The Bertz CT molecular complexity index is 1190. The van der Waals surface area contributed by atoms with E-state index in [2.05, 4.69) is 4.98 Å². The van der Waals surface area contributed by atoms with Crippen LogP contribution in [0.2, 0.25) is 0 Å². The zero-order valence-corrected chi connectivity index (χ0v) is 15.3. The summed E-state index contributed by atoms with van der Waals surface area (Å²) in [5, 5.41) is 10.0. The molecule has 0 saturated heterocycles. The monoisotopic (exact) mass is 370 g/mol. The van der Waals surface area contributed by atoms with Gasteiger partial charge in [-0.25, -0.2) is 4.79 Å². The van der Waals surface area contributed by atoms with Crippen molar-refractivity contribution in [3.05, 3.63) is 101 Å². The molecule has 4 rings (SSSR count). The van der Waals surface area contributed by atoms with Crippen molar-refractivity contribution in [1.29, 1.82) is 0 Å². The van der Waals surface area contributed by atoms with Gasteiger partial charge in [0.15, 0.2) is 0 Å². The van der Waals surface area contributed by atoms with Crippen molar-refractivity contribution in [2.75, 3.05) is 0 Å². The number of rotatable bonds is 5. The van der Waals surface area contributed by atoms with Gasteiger partial charge in [0.2, 0.25) is 5.78 Å². The van der Waals surface area contributed by atoms with Crippen LogP contribution in [0.25, 0.3) is 10.9 Å². The molecule has 28 heavy (non-hydrogen) atoms. The van der Waals surface area contributed by atoms with E-state index in [-0.39, 0.29) is 11.3 Å². The third-order valence-corrected chi connectivity index (χ3v) is 4.74. The number of aromatic nitrogens is 2. The number of hydrogen-bond donors (Lipinski definition) is 1. The van der Waals surface area contributed by atoms with Gasteiger partial charge in [0.05, 0.1) is 16.8 Å². The van der Waals surface area contributed by atoms with Crippen molar-refractivity contribution in [3.63, 3.8) is 0 Å². The second-order valence-corrected chi connectivity index (χ2v) is 6.74. The lowest BCUT2D eigenvalue weighted by atomic mass is 10.1. The van der Waals surface area contributed by atoms with Crippen molar-refractivity contribution >= 4 is 22.7 Å². The number of carbonyl (C=O) groups is 2. The molecule has 0 atom stereocenters. The summed E-state index contributed by atoms with van der Waals surface area (Å²) >= 11 is 0. The lowest BCUT2D eigenvalue weighted by Crippen LogP contribution is -2.11. The van der Waals surface area contributed by atoms with Crippen LogP contribution in [-0.4, -0.2) is 26.4 Å². The first kappa shape index (κ1) is 17.7. The molecule has 2 aromatic carbocycles. The molecule has 0 fully saturated rings. The van der Waals surface area contributed by atoms with Crippen molar-refractivity contribution in [3.8, 4) is 0 Å². The van der Waals surface area contributed by atoms with Crippen LogP contribution in [0.3, 0.4) is 0 Å². The number of carboxylic acids is 1. The number of ketones is 1. The second-order valence-electron chi connectivity index (χ2n) is 6.74. The number of fused-ring (bicyclic) bond motifs is 1. The standard InChI is InChI=1S/C23H18N2O3/c1-15-7-9-17(10-8-15)22(26)21-6-3-11-25(21)14-16-12-19-18(23(27)28)4-2-5-20(19)24-13-16/h2-13H,14H2,1H3,(H,27,28). The quantitative estimate of drug-likeness (QED) is 0.531. The summed E-state index contributed by atoms with van der Waals surface area (Å²) in [6, 6.07) is 18.0. The molecule has 0 aliphatic rings. The Morgan fingerprint density at radius 1 is 1.04 bits per heavy atom. The van der Waals surface area contributed by atoms with Gasteiger partial charge in [0.25, 0.3) is 0 Å². The molecule has 138 valence electrons. The highest BCUT2D eigenvalue weighted by molar-refractivity contribution is 6.08. The van der Waals surface area contributed by atoms with E-state index in [0.717, 1.165) is 11.1 Å². The summed E-state index contributed by atoms with van der Waals surface area (Å²) < 4.78 is 1.86. The minimum Gasteiger partial charge on any atom is -0.478 e. The highest BCUT2D eigenvalue weighted by Crippen LogP contribution is 2.20. The predicted octanol–water partition coefficient (Wildman–Crippen LogP) is 4.32. The molecule has 4 aromatic rings. The molecule has 5 nitrogen and oxygen atoms in total. The number of pyridine rings is 1. The molecule has 0 spiro atoms. The Morgan fingerprint density at radius 3 is 2.57 bits per heavy atom. The Balaban J connectivity index is 1.68. The highest BCUT2D eigenvalue weighted by atomic mass is 16.4. The van der Waals surface area contributed by atoms with Crippen LogP contribution in [0.5, 0.6) is 0 Å². The average Bonchev–Trinajstić information content (AvgIpc) is 3.15. The van der Waals surface area contributed by atoms with Gasteiger partial charge in [-0.2, -0.15) is 0 Å². The Labute approximate surface area is 161 Å². The smallest absolute Gasteiger partial charge is 0.336 e. The zero-order chi connectivity index (χ0) is 19.7. The first-order chi connectivity index (χ1) is 13.5. The fraction of sp³-hybridized carbons (Fsp3) is 0.0870. The molecule has 0 aliphatic heterocycles. The summed E-state index contributed by atoms with van der Waals surface area (Å²) in [5.41, 5.74) is 3.99. The maximum Gasteiger partial charge on any atom is 0.336 e. The average molecular weight is 370 g/mol. The summed E-state index contributed by atoms with van der Waals surface area (Å²) in [4.78, 5) is 28.7. The van der Waals surface area contributed by atoms with E-state index in [4.69, 9.17) is 0 Å². The molecule has 2 aromatic heterocycles. The maximum atomic E-state index is 12.9. The fourth-order valence-electron chi connectivity index (χ4n) is 3.27. The highest BCUT2D eigenvalue weighted by Gasteiger charge is 2.14. The third kappa shape index (κ3) is 3.30. The van der Waals surface area contributed by atoms with E-state index in [1.807, 2.05) is 54.1 Å². The lowest BCUT2D eigenvalue weighted by Gasteiger charge is -2.10. The Morgan fingerprint density at radius 2 is 1.82 bits per heavy atom. The van der Waals surface area contributed by atoms with Gasteiger partial charge in [-0.05, 0) is 42.8 Å². The Hall–Kier alpha value is -3.73. The van der Waals surface area contributed by atoms with E-state index < -0.39 is 5.97 Å². The number of carbonyl (C=O) groups excluding carboxylic acids is 1. The first-order valence-electron chi connectivity index (χ1n) is 8.90. The Kier molecular flexibility index (Phi) is 4.49. The number of hydrogen-bond acceptors (Lipinski definition) is 3. The molecular formula is C23H18N2O3. The molecule has 0 aliphatic carbocycles. The van der Waals surface area contributed by atoms with Crippen molar-refractivity contribution in [2.45, 2.75) is 13.5 Å². The fourth-order valence-corrected chi connectivity index (χ4v) is 3.27. The first-order valence-corrected chi connectivity index (χ1v) is 8.90. The molecule has 0 amide bonds. The topological polar surface area (TPSA) is 72.2 Å². The van der Waals surface area contributed by atoms with E-state index >= 15 is 0 Å². The maximum absolute atomic E-state index is 12.9. The van der Waals surface area contributed by atoms with Gasteiger partial charge < -0.3 is 9.67 Å². The van der Waals surface area contributed by atoms with E-state index in [1.165, 1.54) is 0 Å². The number of aromatic carboxylic acids is 1. The predicted molar refractivity (Wildman–Crippen MR) is 107 cm³/mol. The minimum absolute atomic E-state index is 0.0510. The molecule has 2 heterocycles. The SMILES string of the molecule is Cc1ccc(C(=O)c2cccn2Cc2cnc3cccc(C(=O)O)c3c2)cc1. The van der Waals surface area contributed by atoms with E-state index in [0.29, 0.717) is 28.7 Å². The summed E-state index contributed by atoms with van der Waals surface area (Å²) in [6.45, 7) is 2.41. The van der Waals surface area contributed by atoms with Crippen LogP contribution in [0.1, 0.15) is 37.5 Å².